The summed E-state index contributed by atoms with van der Waals surface area (Å²) in [6.07, 6.45) is 2.91. The topological polar surface area (TPSA) is 58.6 Å². The summed E-state index contributed by atoms with van der Waals surface area (Å²) in [5, 5.41) is 11.2. The zero-order chi connectivity index (χ0) is 9.52. The van der Waals surface area contributed by atoms with Gasteiger partial charge in [0.15, 0.2) is 0 Å². The summed E-state index contributed by atoms with van der Waals surface area (Å²) in [5.74, 6) is 0.473. The van der Waals surface area contributed by atoms with Crippen molar-refractivity contribution < 1.29 is 14.6 Å². The molecule has 2 N–H and O–H groups in total. The predicted molar refractivity (Wildman–Crippen MR) is 48.3 cm³/mol. The minimum Gasteiger partial charge on any atom is -0.394 e. The number of carbonyl (C=O) groups is 1. The quantitative estimate of drug-likeness (QED) is 0.548. The zero-order valence-electron chi connectivity index (χ0n) is 7.79. The van der Waals surface area contributed by atoms with Gasteiger partial charge in [0, 0.05) is 19.1 Å². The standard InChI is InChI=1S/C9H17NO3/c11-5-7-13-6-1-4-10-9(12)8-2-3-8/h8,11H,1-7H2,(H,10,12). The Labute approximate surface area is 78.3 Å². The molecule has 1 aliphatic carbocycles. The normalized spacial score (nSPS) is 15.8. The summed E-state index contributed by atoms with van der Waals surface area (Å²) in [7, 11) is 0. The van der Waals surface area contributed by atoms with Crippen molar-refractivity contribution in [1.82, 2.24) is 5.32 Å². The Balaban J connectivity index is 1.80. The Kier molecular flexibility index (Phi) is 4.78. The first-order valence-electron chi connectivity index (χ1n) is 4.81. The van der Waals surface area contributed by atoms with Gasteiger partial charge in [-0.3, -0.25) is 4.79 Å². The second-order valence-corrected chi connectivity index (χ2v) is 3.25. The van der Waals surface area contributed by atoms with Crippen LogP contribution in [0.5, 0.6) is 0 Å². The van der Waals surface area contributed by atoms with Crippen LogP contribution in [0.1, 0.15) is 19.3 Å². The fraction of sp³-hybridized carbons (Fsp3) is 0.889. The van der Waals surface area contributed by atoms with Gasteiger partial charge >= 0.3 is 0 Å². The molecule has 0 unspecified atom stereocenters. The van der Waals surface area contributed by atoms with Crippen molar-refractivity contribution in [3.8, 4) is 0 Å². The van der Waals surface area contributed by atoms with E-state index in [1.807, 2.05) is 0 Å². The van der Waals surface area contributed by atoms with Crippen LogP contribution in [0.4, 0.5) is 0 Å². The molecule has 76 valence electrons. The van der Waals surface area contributed by atoms with E-state index in [9.17, 15) is 4.79 Å². The molecular weight excluding hydrogens is 170 g/mol. The van der Waals surface area contributed by atoms with Crippen molar-refractivity contribution in [2.45, 2.75) is 19.3 Å². The Morgan fingerprint density at radius 3 is 2.85 bits per heavy atom. The minimum atomic E-state index is 0.0639. The van der Waals surface area contributed by atoms with E-state index in [2.05, 4.69) is 5.32 Å². The lowest BCUT2D eigenvalue weighted by Gasteiger charge is -2.04. The first kappa shape index (κ1) is 10.5. The van der Waals surface area contributed by atoms with E-state index in [4.69, 9.17) is 9.84 Å². The van der Waals surface area contributed by atoms with E-state index in [1.54, 1.807) is 0 Å². The zero-order valence-corrected chi connectivity index (χ0v) is 7.79. The molecule has 4 heteroatoms. The van der Waals surface area contributed by atoms with Crippen molar-refractivity contribution in [3.05, 3.63) is 0 Å². The number of rotatable bonds is 7. The summed E-state index contributed by atoms with van der Waals surface area (Å²) >= 11 is 0. The number of carbonyl (C=O) groups excluding carboxylic acids is 1. The average Bonchev–Trinajstić information content (AvgIpc) is 2.93. The van der Waals surface area contributed by atoms with Crippen LogP contribution >= 0.6 is 0 Å². The number of aliphatic hydroxyl groups excluding tert-OH is 1. The molecule has 1 fully saturated rings. The molecule has 1 amide bonds. The summed E-state index contributed by atoms with van der Waals surface area (Å²) < 4.78 is 5.04. The third-order valence-corrected chi connectivity index (χ3v) is 1.95. The van der Waals surface area contributed by atoms with E-state index in [0.29, 0.717) is 25.7 Å². The monoisotopic (exact) mass is 187 g/mol. The van der Waals surface area contributed by atoms with Gasteiger partial charge < -0.3 is 15.2 Å². The molecule has 13 heavy (non-hydrogen) atoms. The lowest BCUT2D eigenvalue weighted by Crippen LogP contribution is -2.26. The summed E-state index contributed by atoms with van der Waals surface area (Å²) in [6.45, 7) is 1.73. The van der Waals surface area contributed by atoms with Crippen LogP contribution < -0.4 is 5.32 Å². The van der Waals surface area contributed by atoms with Crippen molar-refractivity contribution in [3.63, 3.8) is 0 Å². The highest BCUT2D eigenvalue weighted by Crippen LogP contribution is 2.28. The SMILES string of the molecule is O=C(NCCCOCCO)C1CC1. The van der Waals surface area contributed by atoms with Crippen LogP contribution in [-0.2, 0) is 9.53 Å². The molecule has 1 saturated carbocycles. The smallest absolute Gasteiger partial charge is 0.223 e. The van der Waals surface area contributed by atoms with Crippen molar-refractivity contribution in [2.75, 3.05) is 26.4 Å². The van der Waals surface area contributed by atoms with Crippen molar-refractivity contribution in [2.24, 2.45) is 5.92 Å². The Hall–Kier alpha value is -0.610. The molecule has 0 aliphatic heterocycles. The molecule has 0 radical (unpaired) electrons. The van der Waals surface area contributed by atoms with Gasteiger partial charge in [-0.15, -0.1) is 0 Å². The maximum Gasteiger partial charge on any atom is 0.223 e. The average molecular weight is 187 g/mol. The number of hydrogen-bond donors (Lipinski definition) is 2. The maximum atomic E-state index is 11.1. The summed E-state index contributed by atoms with van der Waals surface area (Å²) in [4.78, 5) is 11.1. The van der Waals surface area contributed by atoms with Crippen molar-refractivity contribution in [1.29, 1.82) is 0 Å². The van der Waals surface area contributed by atoms with Gasteiger partial charge in [0.05, 0.1) is 13.2 Å². The molecule has 4 nitrogen and oxygen atoms in total. The van der Waals surface area contributed by atoms with E-state index >= 15 is 0 Å². The minimum absolute atomic E-state index is 0.0639. The number of amides is 1. The van der Waals surface area contributed by atoms with Gasteiger partial charge in [-0.25, -0.2) is 0 Å². The Morgan fingerprint density at radius 1 is 1.46 bits per heavy atom. The molecule has 1 aliphatic rings. The third kappa shape index (κ3) is 4.85. The fourth-order valence-corrected chi connectivity index (χ4v) is 1.04. The first-order chi connectivity index (χ1) is 6.34. The highest BCUT2D eigenvalue weighted by molar-refractivity contribution is 5.80. The molecule has 0 aromatic rings. The van der Waals surface area contributed by atoms with E-state index in [0.717, 1.165) is 19.3 Å². The maximum absolute atomic E-state index is 11.1. The molecule has 0 atom stereocenters. The number of nitrogens with one attached hydrogen (secondary N) is 1. The van der Waals surface area contributed by atoms with E-state index in [-0.39, 0.29) is 12.5 Å². The van der Waals surface area contributed by atoms with Crippen LogP contribution in [0.3, 0.4) is 0 Å². The molecule has 0 aromatic heterocycles. The Bertz CT molecular complexity index is 157. The van der Waals surface area contributed by atoms with Gasteiger partial charge in [-0.1, -0.05) is 0 Å². The fourth-order valence-electron chi connectivity index (χ4n) is 1.04. The third-order valence-electron chi connectivity index (χ3n) is 1.95. The number of aliphatic hydroxyl groups is 1. The molecule has 0 saturated heterocycles. The predicted octanol–water partition coefficient (Wildman–Crippen LogP) is -0.0884. The lowest BCUT2D eigenvalue weighted by atomic mass is 10.3. The van der Waals surface area contributed by atoms with Crippen LogP contribution in [-0.4, -0.2) is 37.4 Å². The molecule has 1 rings (SSSR count). The summed E-state index contributed by atoms with van der Waals surface area (Å²) in [6, 6.07) is 0. The van der Waals surface area contributed by atoms with Gasteiger partial charge in [-0.2, -0.15) is 0 Å². The largest absolute Gasteiger partial charge is 0.394 e. The second-order valence-electron chi connectivity index (χ2n) is 3.25. The van der Waals surface area contributed by atoms with Gasteiger partial charge in [0.2, 0.25) is 5.91 Å². The van der Waals surface area contributed by atoms with Gasteiger partial charge in [0.25, 0.3) is 0 Å². The van der Waals surface area contributed by atoms with Gasteiger partial charge in [-0.05, 0) is 19.3 Å². The van der Waals surface area contributed by atoms with Crippen LogP contribution in [0.25, 0.3) is 0 Å². The second kappa shape index (κ2) is 5.94. The molecule has 0 bridgehead atoms. The van der Waals surface area contributed by atoms with Crippen molar-refractivity contribution >= 4 is 5.91 Å². The van der Waals surface area contributed by atoms with Crippen LogP contribution in [0.15, 0.2) is 0 Å². The Morgan fingerprint density at radius 2 is 2.23 bits per heavy atom. The van der Waals surface area contributed by atoms with Crippen LogP contribution in [0.2, 0.25) is 0 Å². The molecule has 0 spiro atoms. The lowest BCUT2D eigenvalue weighted by molar-refractivity contribution is -0.122. The number of hydrogen-bond acceptors (Lipinski definition) is 3. The first-order valence-corrected chi connectivity index (χ1v) is 4.81. The van der Waals surface area contributed by atoms with E-state index in [1.165, 1.54) is 0 Å². The molecule has 0 aromatic carbocycles. The van der Waals surface area contributed by atoms with E-state index < -0.39 is 0 Å². The van der Waals surface area contributed by atoms with Crippen LogP contribution in [0, 0.1) is 5.92 Å². The molecule has 0 heterocycles. The highest BCUT2D eigenvalue weighted by atomic mass is 16.5. The van der Waals surface area contributed by atoms with Gasteiger partial charge in [0.1, 0.15) is 0 Å². The number of ether oxygens (including phenoxy) is 1. The highest BCUT2D eigenvalue weighted by Gasteiger charge is 2.28. The molecular formula is C9H17NO3. The summed E-state index contributed by atoms with van der Waals surface area (Å²) in [5.41, 5.74) is 0.